The van der Waals surface area contributed by atoms with E-state index >= 15 is 0 Å². The van der Waals surface area contributed by atoms with Crippen LogP contribution in [0.15, 0.2) is 28.7 Å². The highest BCUT2D eigenvalue weighted by atomic mass is 35.5. The van der Waals surface area contributed by atoms with Crippen LogP contribution in [0.2, 0.25) is 0 Å². The maximum absolute atomic E-state index is 5.17. The first kappa shape index (κ1) is 12.0. The Morgan fingerprint density at radius 2 is 1.92 bits per heavy atom. The first-order valence-electron chi connectivity index (χ1n) is 3.22. The SMILES string of the molecule is Cl.Cl.NNc1nc2ccccc2o1. The summed E-state index contributed by atoms with van der Waals surface area (Å²) in [6.07, 6.45) is 0. The second-order valence-electron chi connectivity index (χ2n) is 2.13. The van der Waals surface area contributed by atoms with Gasteiger partial charge in [-0.15, -0.1) is 24.8 Å². The summed E-state index contributed by atoms with van der Waals surface area (Å²) < 4.78 is 5.17. The van der Waals surface area contributed by atoms with E-state index in [9.17, 15) is 0 Å². The Balaban J connectivity index is 0.000000720. The summed E-state index contributed by atoms with van der Waals surface area (Å²) in [7, 11) is 0. The number of nitrogens with zero attached hydrogens (tertiary/aromatic N) is 1. The molecule has 0 unspecified atom stereocenters. The van der Waals surface area contributed by atoms with Crippen molar-refractivity contribution >= 4 is 41.9 Å². The lowest BCUT2D eigenvalue weighted by Crippen LogP contribution is -2.06. The standard InChI is InChI=1S/C7H7N3O.2ClH/c8-10-7-9-5-3-1-2-4-6(5)11-7;;/h1-4H,8H2,(H,9,10);2*1H. The van der Waals surface area contributed by atoms with Gasteiger partial charge >= 0.3 is 6.01 Å². The summed E-state index contributed by atoms with van der Waals surface area (Å²) in [4.78, 5) is 4.03. The van der Waals surface area contributed by atoms with E-state index in [0.717, 1.165) is 11.1 Å². The Kier molecular flexibility index (Phi) is 4.55. The normalized spacial score (nSPS) is 8.69. The van der Waals surface area contributed by atoms with Gasteiger partial charge in [-0.1, -0.05) is 12.1 Å². The second kappa shape index (κ2) is 4.91. The molecule has 0 saturated carbocycles. The van der Waals surface area contributed by atoms with Gasteiger partial charge in [0.2, 0.25) is 0 Å². The number of rotatable bonds is 1. The fourth-order valence-corrected chi connectivity index (χ4v) is 0.934. The third kappa shape index (κ3) is 2.24. The van der Waals surface area contributed by atoms with Crippen LogP contribution in [-0.2, 0) is 0 Å². The molecule has 6 heteroatoms. The number of oxazole rings is 1. The molecule has 0 saturated heterocycles. The Hall–Kier alpha value is -0.970. The van der Waals surface area contributed by atoms with Gasteiger partial charge in [0.1, 0.15) is 5.52 Å². The highest BCUT2D eigenvalue weighted by Gasteiger charge is 2.00. The van der Waals surface area contributed by atoms with Gasteiger partial charge in [0.25, 0.3) is 0 Å². The van der Waals surface area contributed by atoms with Crippen molar-refractivity contribution in [2.45, 2.75) is 0 Å². The molecule has 1 aromatic heterocycles. The predicted molar refractivity (Wildman–Crippen MR) is 56.3 cm³/mol. The van der Waals surface area contributed by atoms with Gasteiger partial charge in [0.05, 0.1) is 0 Å². The third-order valence-electron chi connectivity index (χ3n) is 1.42. The quantitative estimate of drug-likeness (QED) is 0.571. The zero-order valence-corrected chi connectivity index (χ0v) is 8.19. The van der Waals surface area contributed by atoms with Crippen LogP contribution >= 0.6 is 24.8 Å². The van der Waals surface area contributed by atoms with E-state index in [-0.39, 0.29) is 24.8 Å². The van der Waals surface area contributed by atoms with Crippen LogP contribution in [0, 0.1) is 0 Å². The number of hydrazine groups is 1. The van der Waals surface area contributed by atoms with Crippen molar-refractivity contribution in [1.29, 1.82) is 0 Å². The van der Waals surface area contributed by atoms with E-state index < -0.39 is 0 Å². The van der Waals surface area contributed by atoms with Gasteiger partial charge in [-0.25, -0.2) is 5.84 Å². The van der Waals surface area contributed by atoms with Crippen molar-refractivity contribution in [3.8, 4) is 0 Å². The Morgan fingerprint density at radius 3 is 2.54 bits per heavy atom. The van der Waals surface area contributed by atoms with Gasteiger partial charge in [-0.3, -0.25) is 5.43 Å². The molecule has 0 aliphatic heterocycles. The van der Waals surface area contributed by atoms with Crippen molar-refractivity contribution in [2.24, 2.45) is 5.84 Å². The van der Waals surface area contributed by atoms with Crippen molar-refractivity contribution in [1.82, 2.24) is 4.98 Å². The van der Waals surface area contributed by atoms with Crippen LogP contribution in [0.3, 0.4) is 0 Å². The minimum atomic E-state index is 0. The Morgan fingerprint density at radius 1 is 1.23 bits per heavy atom. The highest BCUT2D eigenvalue weighted by Crippen LogP contribution is 2.16. The molecule has 4 nitrogen and oxygen atoms in total. The molecule has 0 aliphatic rings. The van der Waals surface area contributed by atoms with Crippen molar-refractivity contribution < 1.29 is 4.42 Å². The molecule has 0 aliphatic carbocycles. The number of nitrogens with one attached hydrogen (secondary N) is 1. The van der Waals surface area contributed by atoms with Gasteiger partial charge in [-0.05, 0) is 12.1 Å². The van der Waals surface area contributed by atoms with Gasteiger partial charge in [-0.2, -0.15) is 4.98 Å². The van der Waals surface area contributed by atoms with Crippen LogP contribution in [0.4, 0.5) is 6.01 Å². The number of anilines is 1. The fraction of sp³-hybridized carbons (Fsp3) is 0. The molecule has 0 spiro atoms. The van der Waals surface area contributed by atoms with E-state index in [1.54, 1.807) is 0 Å². The minimum Gasteiger partial charge on any atom is -0.423 e. The number of benzene rings is 1. The smallest absolute Gasteiger partial charge is 0.310 e. The van der Waals surface area contributed by atoms with E-state index in [1.165, 1.54) is 0 Å². The molecule has 3 N–H and O–H groups in total. The maximum Gasteiger partial charge on any atom is 0.310 e. The van der Waals surface area contributed by atoms with Gasteiger partial charge in [0.15, 0.2) is 5.58 Å². The number of para-hydroxylation sites is 2. The molecule has 2 aromatic rings. The molecule has 1 aromatic carbocycles. The number of nitrogens with two attached hydrogens (primary N) is 1. The van der Waals surface area contributed by atoms with Crippen molar-refractivity contribution in [3.05, 3.63) is 24.3 Å². The predicted octanol–water partition coefficient (Wildman–Crippen LogP) is 1.96. The lowest BCUT2D eigenvalue weighted by molar-refractivity contribution is 0.617. The Bertz CT molecular complexity index is 344. The number of nitrogen functional groups attached to an aromatic ring is 1. The molecule has 0 atom stereocenters. The summed E-state index contributed by atoms with van der Waals surface area (Å²) >= 11 is 0. The maximum atomic E-state index is 5.17. The molecule has 72 valence electrons. The van der Waals surface area contributed by atoms with Gasteiger partial charge in [0, 0.05) is 0 Å². The number of hydrogen-bond acceptors (Lipinski definition) is 4. The lowest BCUT2D eigenvalue weighted by atomic mass is 10.3. The molecule has 0 amide bonds. The van der Waals surface area contributed by atoms with E-state index in [1.807, 2.05) is 24.3 Å². The lowest BCUT2D eigenvalue weighted by Gasteiger charge is -1.84. The second-order valence-corrected chi connectivity index (χ2v) is 2.13. The van der Waals surface area contributed by atoms with Crippen LogP contribution in [0.25, 0.3) is 11.1 Å². The zero-order chi connectivity index (χ0) is 7.68. The summed E-state index contributed by atoms with van der Waals surface area (Å²) in [5.74, 6) is 5.11. The topological polar surface area (TPSA) is 64.1 Å². The van der Waals surface area contributed by atoms with Crippen molar-refractivity contribution in [3.63, 3.8) is 0 Å². The average molecular weight is 222 g/mol. The molecule has 0 fully saturated rings. The molecule has 2 rings (SSSR count). The molecule has 0 bridgehead atoms. The summed E-state index contributed by atoms with van der Waals surface area (Å²) in [6, 6.07) is 7.81. The van der Waals surface area contributed by atoms with Crippen LogP contribution < -0.4 is 11.3 Å². The largest absolute Gasteiger partial charge is 0.423 e. The van der Waals surface area contributed by atoms with Gasteiger partial charge < -0.3 is 4.42 Å². The summed E-state index contributed by atoms with van der Waals surface area (Å²) in [6.45, 7) is 0. The monoisotopic (exact) mass is 221 g/mol. The highest BCUT2D eigenvalue weighted by molar-refractivity contribution is 5.85. The molecular weight excluding hydrogens is 213 g/mol. The molecule has 1 heterocycles. The average Bonchev–Trinajstić information content (AvgIpc) is 2.46. The van der Waals surface area contributed by atoms with Crippen LogP contribution in [0.5, 0.6) is 0 Å². The summed E-state index contributed by atoms with van der Waals surface area (Å²) in [5, 5.41) is 0. The van der Waals surface area contributed by atoms with Crippen LogP contribution in [-0.4, -0.2) is 4.98 Å². The number of fused-ring (bicyclic) bond motifs is 1. The molecular formula is C7H9Cl2N3O. The van der Waals surface area contributed by atoms with Crippen LogP contribution in [0.1, 0.15) is 0 Å². The van der Waals surface area contributed by atoms with E-state index in [4.69, 9.17) is 10.3 Å². The number of aromatic nitrogens is 1. The number of halogens is 2. The Labute approximate surface area is 87.3 Å². The van der Waals surface area contributed by atoms with E-state index in [2.05, 4.69) is 10.4 Å². The zero-order valence-electron chi connectivity index (χ0n) is 6.56. The number of hydrogen-bond donors (Lipinski definition) is 2. The minimum absolute atomic E-state index is 0. The van der Waals surface area contributed by atoms with Crippen molar-refractivity contribution in [2.75, 3.05) is 5.43 Å². The molecule has 13 heavy (non-hydrogen) atoms. The first-order valence-corrected chi connectivity index (χ1v) is 3.22. The molecule has 0 radical (unpaired) electrons. The third-order valence-corrected chi connectivity index (χ3v) is 1.42. The first-order chi connectivity index (χ1) is 5.40. The summed E-state index contributed by atoms with van der Waals surface area (Å²) in [5.41, 5.74) is 3.88. The fourth-order valence-electron chi connectivity index (χ4n) is 0.934. The van der Waals surface area contributed by atoms with E-state index in [0.29, 0.717) is 6.01 Å².